The van der Waals surface area contributed by atoms with Crippen molar-refractivity contribution in [2.45, 2.75) is 63.7 Å². The van der Waals surface area contributed by atoms with Crippen LogP contribution in [0.4, 0.5) is 0 Å². The van der Waals surface area contributed by atoms with Gasteiger partial charge in [0, 0.05) is 0 Å². The number of carboxylic acid groups (broad SMARTS) is 1. The highest BCUT2D eigenvalue weighted by Gasteiger charge is 2.57. The summed E-state index contributed by atoms with van der Waals surface area (Å²) in [6.45, 7) is 7.13. The van der Waals surface area contributed by atoms with E-state index in [1.54, 1.807) is 33.8 Å². The number of hydrogen-bond acceptors (Lipinski definition) is 5. The highest BCUT2D eigenvalue weighted by molar-refractivity contribution is 5.88. The summed E-state index contributed by atoms with van der Waals surface area (Å²) in [4.78, 5) is 11.4. The maximum absolute atomic E-state index is 11.4. The summed E-state index contributed by atoms with van der Waals surface area (Å²) < 4.78 is 23.0. The standard InChI is InChI=1S/C13H18O6/c1-12(2)16-7-5-6(11(14)15)8-10(9(7)18-12)19-13(3,4)17-8/h5,7-10H,1-4H3,(H,14,15)/t7-,8-,9-,10-/m1/s1. The molecule has 0 aromatic carbocycles. The van der Waals surface area contributed by atoms with Crippen LogP contribution < -0.4 is 0 Å². The Morgan fingerprint density at radius 1 is 1.05 bits per heavy atom. The van der Waals surface area contributed by atoms with Crippen LogP contribution in [-0.2, 0) is 23.7 Å². The lowest BCUT2D eigenvalue weighted by atomic mass is 9.90. The molecule has 0 saturated carbocycles. The van der Waals surface area contributed by atoms with E-state index in [-0.39, 0.29) is 11.7 Å². The van der Waals surface area contributed by atoms with Gasteiger partial charge in [-0.05, 0) is 33.8 Å². The lowest BCUT2D eigenvalue weighted by Crippen LogP contribution is -2.47. The van der Waals surface area contributed by atoms with Gasteiger partial charge in [-0.2, -0.15) is 0 Å². The van der Waals surface area contributed by atoms with E-state index in [1.165, 1.54) is 0 Å². The predicted octanol–water partition coefficient (Wildman–Crippen LogP) is 1.05. The molecule has 3 rings (SSSR count). The van der Waals surface area contributed by atoms with Gasteiger partial charge in [0.05, 0.1) is 5.57 Å². The Balaban J connectivity index is 1.99. The minimum Gasteiger partial charge on any atom is -0.478 e. The van der Waals surface area contributed by atoms with Crippen molar-refractivity contribution in [1.82, 2.24) is 0 Å². The Kier molecular flexibility index (Phi) is 2.60. The zero-order valence-electron chi connectivity index (χ0n) is 11.4. The van der Waals surface area contributed by atoms with Gasteiger partial charge >= 0.3 is 5.97 Å². The minimum atomic E-state index is -1.01. The van der Waals surface area contributed by atoms with Crippen LogP contribution in [0.15, 0.2) is 11.6 Å². The molecule has 0 amide bonds. The molecule has 1 aliphatic carbocycles. The van der Waals surface area contributed by atoms with Gasteiger partial charge in [0.25, 0.3) is 0 Å². The van der Waals surface area contributed by atoms with E-state index in [9.17, 15) is 9.90 Å². The van der Waals surface area contributed by atoms with Crippen LogP contribution in [0.5, 0.6) is 0 Å². The average molecular weight is 270 g/mol. The molecule has 0 aromatic heterocycles. The Labute approximate surface area is 111 Å². The summed E-state index contributed by atoms with van der Waals surface area (Å²) in [6, 6.07) is 0. The molecule has 6 heteroatoms. The van der Waals surface area contributed by atoms with Crippen LogP contribution in [0.25, 0.3) is 0 Å². The van der Waals surface area contributed by atoms with E-state index in [0.29, 0.717) is 0 Å². The average Bonchev–Trinajstić information content (AvgIpc) is 2.70. The third-order valence-electron chi connectivity index (χ3n) is 3.51. The molecule has 3 aliphatic rings. The Morgan fingerprint density at radius 3 is 2.26 bits per heavy atom. The van der Waals surface area contributed by atoms with Crippen LogP contribution >= 0.6 is 0 Å². The molecule has 0 radical (unpaired) electrons. The fourth-order valence-corrected chi connectivity index (χ4v) is 2.93. The highest BCUT2D eigenvalue weighted by Crippen LogP contribution is 2.44. The van der Waals surface area contributed by atoms with Gasteiger partial charge in [0.1, 0.15) is 24.4 Å². The first kappa shape index (κ1) is 13.1. The van der Waals surface area contributed by atoms with Crippen molar-refractivity contribution in [3.8, 4) is 0 Å². The molecule has 19 heavy (non-hydrogen) atoms. The van der Waals surface area contributed by atoms with Crippen LogP contribution in [-0.4, -0.2) is 47.1 Å². The van der Waals surface area contributed by atoms with E-state index in [0.717, 1.165) is 0 Å². The van der Waals surface area contributed by atoms with E-state index >= 15 is 0 Å². The van der Waals surface area contributed by atoms with E-state index < -0.39 is 35.9 Å². The Hall–Kier alpha value is -0.950. The summed E-state index contributed by atoms with van der Waals surface area (Å²) >= 11 is 0. The molecular formula is C13H18O6. The van der Waals surface area contributed by atoms with Crippen molar-refractivity contribution in [3.05, 3.63) is 11.6 Å². The molecule has 2 aliphatic heterocycles. The van der Waals surface area contributed by atoms with Crippen molar-refractivity contribution < 1.29 is 28.8 Å². The second kappa shape index (κ2) is 3.79. The normalized spacial score (nSPS) is 42.4. The first-order chi connectivity index (χ1) is 8.69. The maximum Gasteiger partial charge on any atom is 0.334 e. The summed E-state index contributed by atoms with van der Waals surface area (Å²) in [5, 5.41) is 9.31. The predicted molar refractivity (Wildman–Crippen MR) is 63.4 cm³/mol. The number of carbonyl (C=O) groups is 1. The quantitative estimate of drug-likeness (QED) is 0.767. The fourth-order valence-electron chi connectivity index (χ4n) is 2.93. The SMILES string of the molecule is CC1(C)O[C@H]2[C@@H]3OC(C)(C)O[C@@H]3C=C(C(=O)O)[C@H]2O1. The van der Waals surface area contributed by atoms with Gasteiger partial charge in [-0.15, -0.1) is 0 Å². The largest absolute Gasteiger partial charge is 0.478 e. The summed E-state index contributed by atoms with van der Waals surface area (Å²) in [7, 11) is 0. The summed E-state index contributed by atoms with van der Waals surface area (Å²) in [5.74, 6) is -2.59. The van der Waals surface area contributed by atoms with E-state index in [2.05, 4.69) is 0 Å². The highest BCUT2D eigenvalue weighted by atomic mass is 16.8. The van der Waals surface area contributed by atoms with Crippen molar-refractivity contribution in [1.29, 1.82) is 0 Å². The van der Waals surface area contributed by atoms with Gasteiger partial charge in [-0.1, -0.05) is 0 Å². The van der Waals surface area contributed by atoms with Crippen molar-refractivity contribution in [3.63, 3.8) is 0 Å². The minimum absolute atomic E-state index is 0.179. The lowest BCUT2D eigenvalue weighted by molar-refractivity contribution is -0.175. The number of rotatable bonds is 1. The Bertz CT molecular complexity index is 452. The molecule has 6 nitrogen and oxygen atoms in total. The first-order valence-electron chi connectivity index (χ1n) is 6.35. The molecule has 0 aromatic rings. The van der Waals surface area contributed by atoms with E-state index in [1.807, 2.05) is 0 Å². The van der Waals surface area contributed by atoms with Crippen molar-refractivity contribution in [2.75, 3.05) is 0 Å². The molecule has 106 valence electrons. The third kappa shape index (κ3) is 2.08. The number of hydrogen-bond donors (Lipinski definition) is 1. The smallest absolute Gasteiger partial charge is 0.334 e. The Morgan fingerprint density at radius 2 is 1.63 bits per heavy atom. The molecule has 0 unspecified atom stereocenters. The van der Waals surface area contributed by atoms with Gasteiger partial charge < -0.3 is 24.1 Å². The maximum atomic E-state index is 11.4. The van der Waals surface area contributed by atoms with Crippen molar-refractivity contribution in [2.24, 2.45) is 0 Å². The van der Waals surface area contributed by atoms with E-state index in [4.69, 9.17) is 18.9 Å². The number of fused-ring (bicyclic) bond motifs is 3. The zero-order chi connectivity index (χ0) is 14.0. The molecular weight excluding hydrogens is 252 g/mol. The van der Waals surface area contributed by atoms with Crippen LogP contribution in [0.1, 0.15) is 27.7 Å². The number of carboxylic acids is 1. The lowest BCUT2D eigenvalue weighted by Gasteiger charge is -2.29. The summed E-state index contributed by atoms with van der Waals surface area (Å²) in [6.07, 6.45) is -0.262. The molecule has 0 spiro atoms. The van der Waals surface area contributed by atoms with Gasteiger partial charge in [-0.25, -0.2) is 4.79 Å². The van der Waals surface area contributed by atoms with Crippen LogP contribution in [0, 0.1) is 0 Å². The molecule has 2 saturated heterocycles. The molecule has 0 bridgehead atoms. The molecule has 1 N–H and O–H groups in total. The summed E-state index contributed by atoms with van der Waals surface area (Å²) in [5.41, 5.74) is 0.179. The second-order valence-corrected chi connectivity index (χ2v) is 6.01. The second-order valence-electron chi connectivity index (χ2n) is 6.01. The van der Waals surface area contributed by atoms with Gasteiger partial charge in [0.15, 0.2) is 11.6 Å². The number of ether oxygens (including phenoxy) is 4. The topological polar surface area (TPSA) is 74.2 Å². The molecule has 4 atom stereocenters. The fraction of sp³-hybridized carbons (Fsp3) is 0.769. The van der Waals surface area contributed by atoms with Crippen molar-refractivity contribution >= 4 is 5.97 Å². The van der Waals surface area contributed by atoms with Crippen LogP contribution in [0.3, 0.4) is 0 Å². The third-order valence-corrected chi connectivity index (χ3v) is 3.51. The van der Waals surface area contributed by atoms with Crippen LogP contribution in [0.2, 0.25) is 0 Å². The first-order valence-corrected chi connectivity index (χ1v) is 6.35. The van der Waals surface area contributed by atoms with Gasteiger partial charge in [0.2, 0.25) is 0 Å². The zero-order valence-corrected chi connectivity index (χ0v) is 11.4. The number of aliphatic carboxylic acids is 1. The van der Waals surface area contributed by atoms with Gasteiger partial charge in [-0.3, -0.25) is 0 Å². The molecule has 2 fully saturated rings. The monoisotopic (exact) mass is 270 g/mol. The molecule has 2 heterocycles.